The lowest BCUT2D eigenvalue weighted by molar-refractivity contribution is 0.865. The molecule has 0 saturated carbocycles. The van der Waals surface area contributed by atoms with Gasteiger partial charge in [-0.15, -0.1) is 0 Å². The quantitative estimate of drug-likeness (QED) is 0.368. The van der Waals surface area contributed by atoms with Gasteiger partial charge < -0.3 is 9.55 Å². The number of hydrogen-bond donors (Lipinski definition) is 2. The number of fused-ring (bicyclic) bond motifs is 2. The van der Waals surface area contributed by atoms with E-state index in [4.69, 9.17) is 0 Å². The Hall–Kier alpha value is -3.64. The number of aryl methyl sites for hydroxylation is 1. The Kier molecular flexibility index (Phi) is 3.70. The molecule has 6 aromatic rings. The van der Waals surface area contributed by atoms with Crippen molar-refractivity contribution in [3.8, 4) is 33.8 Å². The third kappa shape index (κ3) is 2.54. The Bertz CT molecular complexity index is 1510. The fraction of sp³-hybridized carbons (Fsp3) is 0.0833. The number of H-pyrrole nitrogens is 2. The van der Waals surface area contributed by atoms with Gasteiger partial charge in [-0.3, -0.25) is 5.10 Å². The van der Waals surface area contributed by atoms with E-state index in [2.05, 4.69) is 84.0 Å². The standard InChI is InChI=1S/C24H19N5S/c1-14-25-12-23(29(14)2)15-6-7-21-19(10-15)24(28-27-21)22-11-18-17(16-8-9-30-13-16)4-3-5-20(18)26-22/h3-13,26H,1-2H3,(H,27,28). The average molecular weight is 410 g/mol. The van der Waals surface area contributed by atoms with E-state index in [0.29, 0.717) is 0 Å². The van der Waals surface area contributed by atoms with Crippen molar-refractivity contribution >= 4 is 33.1 Å². The van der Waals surface area contributed by atoms with Gasteiger partial charge in [0.2, 0.25) is 0 Å². The minimum absolute atomic E-state index is 0.929. The van der Waals surface area contributed by atoms with Crippen molar-refractivity contribution in [2.45, 2.75) is 6.92 Å². The van der Waals surface area contributed by atoms with E-state index in [-0.39, 0.29) is 0 Å². The van der Waals surface area contributed by atoms with Gasteiger partial charge in [0.05, 0.1) is 23.1 Å². The van der Waals surface area contributed by atoms with Gasteiger partial charge in [0.25, 0.3) is 0 Å². The number of aromatic amines is 2. The van der Waals surface area contributed by atoms with Gasteiger partial charge >= 0.3 is 0 Å². The summed E-state index contributed by atoms with van der Waals surface area (Å²) < 4.78 is 2.11. The second-order valence-corrected chi connectivity index (χ2v) is 8.32. The molecule has 2 N–H and O–H groups in total. The normalized spacial score (nSPS) is 11.7. The van der Waals surface area contributed by atoms with E-state index in [0.717, 1.165) is 44.9 Å². The van der Waals surface area contributed by atoms with Gasteiger partial charge in [0.1, 0.15) is 11.5 Å². The number of imidazole rings is 1. The molecule has 0 radical (unpaired) electrons. The number of rotatable bonds is 3. The lowest BCUT2D eigenvalue weighted by atomic mass is 10.0. The van der Waals surface area contributed by atoms with Gasteiger partial charge in [-0.1, -0.05) is 18.2 Å². The topological polar surface area (TPSA) is 62.3 Å². The molecule has 0 unspecified atom stereocenters. The first-order valence-electron chi connectivity index (χ1n) is 9.80. The predicted molar refractivity (Wildman–Crippen MR) is 124 cm³/mol. The number of benzene rings is 2. The molecule has 6 heteroatoms. The highest BCUT2D eigenvalue weighted by Gasteiger charge is 2.15. The molecule has 146 valence electrons. The predicted octanol–water partition coefficient (Wildman–Crippen LogP) is 6.15. The highest BCUT2D eigenvalue weighted by molar-refractivity contribution is 7.08. The van der Waals surface area contributed by atoms with Crippen LogP contribution in [-0.2, 0) is 7.05 Å². The molecule has 0 aliphatic heterocycles. The first-order valence-corrected chi connectivity index (χ1v) is 10.7. The molecule has 0 aliphatic carbocycles. The molecule has 6 rings (SSSR count). The molecule has 4 aromatic heterocycles. The summed E-state index contributed by atoms with van der Waals surface area (Å²) in [5, 5.41) is 14.4. The minimum Gasteiger partial charge on any atom is -0.353 e. The highest BCUT2D eigenvalue weighted by atomic mass is 32.1. The average Bonchev–Trinajstić information content (AvgIpc) is 3.54. The van der Waals surface area contributed by atoms with Crippen molar-refractivity contribution in [1.29, 1.82) is 0 Å². The Balaban J connectivity index is 1.53. The van der Waals surface area contributed by atoms with Crippen molar-refractivity contribution in [1.82, 2.24) is 24.7 Å². The first kappa shape index (κ1) is 17.2. The van der Waals surface area contributed by atoms with Crippen molar-refractivity contribution < 1.29 is 0 Å². The van der Waals surface area contributed by atoms with Crippen LogP contribution in [0.2, 0.25) is 0 Å². The Morgan fingerprint density at radius 1 is 0.967 bits per heavy atom. The van der Waals surface area contributed by atoms with Crippen molar-refractivity contribution in [3.63, 3.8) is 0 Å². The lowest BCUT2D eigenvalue weighted by Gasteiger charge is -2.04. The zero-order chi connectivity index (χ0) is 20.2. The largest absolute Gasteiger partial charge is 0.353 e. The Morgan fingerprint density at radius 2 is 1.90 bits per heavy atom. The van der Waals surface area contributed by atoms with Crippen LogP contribution in [0.3, 0.4) is 0 Å². The van der Waals surface area contributed by atoms with Crippen LogP contribution < -0.4 is 0 Å². The highest BCUT2D eigenvalue weighted by Crippen LogP contribution is 2.35. The summed E-state index contributed by atoms with van der Waals surface area (Å²) in [4.78, 5) is 8.01. The van der Waals surface area contributed by atoms with Gasteiger partial charge in [0.15, 0.2) is 0 Å². The molecular formula is C24H19N5S. The van der Waals surface area contributed by atoms with Gasteiger partial charge in [-0.25, -0.2) is 4.98 Å². The molecule has 0 aliphatic rings. The molecular weight excluding hydrogens is 390 g/mol. The second kappa shape index (κ2) is 6.43. The van der Waals surface area contributed by atoms with E-state index in [1.54, 1.807) is 11.3 Å². The van der Waals surface area contributed by atoms with Crippen LogP contribution in [0.4, 0.5) is 0 Å². The van der Waals surface area contributed by atoms with Crippen molar-refractivity contribution in [2.75, 3.05) is 0 Å². The van der Waals surface area contributed by atoms with Crippen LogP contribution >= 0.6 is 11.3 Å². The third-order valence-electron chi connectivity index (χ3n) is 5.83. The van der Waals surface area contributed by atoms with E-state index in [1.165, 1.54) is 16.5 Å². The molecule has 4 heterocycles. The molecule has 0 spiro atoms. The summed E-state index contributed by atoms with van der Waals surface area (Å²) in [6.07, 6.45) is 1.92. The zero-order valence-electron chi connectivity index (χ0n) is 16.6. The maximum Gasteiger partial charge on any atom is 0.116 e. The fourth-order valence-electron chi connectivity index (χ4n) is 4.10. The summed E-state index contributed by atoms with van der Waals surface area (Å²) in [6.45, 7) is 2.01. The molecule has 2 aromatic carbocycles. The number of nitrogens with zero attached hydrogens (tertiary/aromatic N) is 3. The monoisotopic (exact) mass is 409 g/mol. The van der Waals surface area contributed by atoms with Gasteiger partial charge in [-0.05, 0) is 59.1 Å². The van der Waals surface area contributed by atoms with Crippen LogP contribution in [0.25, 0.3) is 55.6 Å². The van der Waals surface area contributed by atoms with E-state index >= 15 is 0 Å². The van der Waals surface area contributed by atoms with Crippen molar-refractivity contribution in [3.05, 3.63) is 71.3 Å². The molecule has 0 bridgehead atoms. The molecule has 5 nitrogen and oxygen atoms in total. The Morgan fingerprint density at radius 3 is 2.70 bits per heavy atom. The Labute approximate surface area is 177 Å². The first-order chi connectivity index (χ1) is 14.7. The minimum atomic E-state index is 0.929. The van der Waals surface area contributed by atoms with Crippen LogP contribution in [0.15, 0.2) is 65.5 Å². The number of aromatic nitrogens is 5. The zero-order valence-corrected chi connectivity index (χ0v) is 17.4. The molecule has 0 amide bonds. The molecule has 0 saturated heterocycles. The van der Waals surface area contributed by atoms with E-state index in [9.17, 15) is 0 Å². The third-order valence-corrected chi connectivity index (χ3v) is 6.51. The molecule has 30 heavy (non-hydrogen) atoms. The maximum atomic E-state index is 4.64. The maximum absolute atomic E-state index is 4.64. The van der Waals surface area contributed by atoms with Crippen molar-refractivity contribution in [2.24, 2.45) is 7.05 Å². The van der Waals surface area contributed by atoms with Crippen LogP contribution in [0.5, 0.6) is 0 Å². The lowest BCUT2D eigenvalue weighted by Crippen LogP contribution is -1.94. The van der Waals surface area contributed by atoms with Crippen LogP contribution in [-0.4, -0.2) is 24.7 Å². The smallest absolute Gasteiger partial charge is 0.116 e. The van der Waals surface area contributed by atoms with Crippen LogP contribution in [0.1, 0.15) is 5.82 Å². The number of thiophene rings is 1. The van der Waals surface area contributed by atoms with Gasteiger partial charge in [-0.2, -0.15) is 16.4 Å². The second-order valence-electron chi connectivity index (χ2n) is 7.54. The molecule has 0 fully saturated rings. The van der Waals surface area contributed by atoms with Crippen LogP contribution in [0, 0.1) is 6.92 Å². The summed E-state index contributed by atoms with van der Waals surface area (Å²) in [6, 6.07) is 17.2. The van der Waals surface area contributed by atoms with Gasteiger partial charge in [0, 0.05) is 28.9 Å². The fourth-order valence-corrected chi connectivity index (χ4v) is 4.76. The van der Waals surface area contributed by atoms with E-state index < -0.39 is 0 Å². The number of nitrogens with one attached hydrogen (secondary N) is 2. The molecule has 0 atom stereocenters. The summed E-state index contributed by atoms with van der Waals surface area (Å²) >= 11 is 1.72. The van der Waals surface area contributed by atoms with E-state index in [1.807, 2.05) is 20.2 Å². The SMILES string of the molecule is Cc1ncc(-c2ccc3[nH]nc(-c4cc5c(-c6ccsc6)cccc5[nH]4)c3c2)n1C. The number of hydrogen-bond acceptors (Lipinski definition) is 3. The summed E-state index contributed by atoms with van der Waals surface area (Å²) in [5.41, 5.74) is 8.78. The summed E-state index contributed by atoms with van der Waals surface area (Å²) in [5.74, 6) is 0.995. The summed E-state index contributed by atoms with van der Waals surface area (Å²) in [7, 11) is 2.04.